The minimum atomic E-state index is -1.42. The lowest BCUT2D eigenvalue weighted by Crippen LogP contribution is -2.45. The fraction of sp³-hybridized carbons (Fsp3) is 0.261. The van der Waals surface area contributed by atoms with Crippen LogP contribution in [-0.2, 0) is 16.0 Å². The van der Waals surface area contributed by atoms with Gasteiger partial charge in [0.25, 0.3) is 5.91 Å². The SMILES string of the molecule is CCc1cc(=O)oc2c(C)c(O[C@@H](C)C(=O)N[C@H](C(=O)[O-])c3ccccc3)ccc12. The van der Waals surface area contributed by atoms with Crippen LogP contribution < -0.4 is 20.8 Å². The molecule has 1 amide bonds. The molecule has 0 aliphatic heterocycles. The van der Waals surface area contributed by atoms with Gasteiger partial charge >= 0.3 is 5.63 Å². The number of amides is 1. The van der Waals surface area contributed by atoms with Crippen molar-refractivity contribution in [1.29, 1.82) is 0 Å². The van der Waals surface area contributed by atoms with Crippen LogP contribution >= 0.6 is 0 Å². The van der Waals surface area contributed by atoms with Gasteiger partial charge in [-0.1, -0.05) is 37.3 Å². The Hall–Kier alpha value is -3.61. The Bertz CT molecular complexity index is 1140. The molecule has 156 valence electrons. The van der Waals surface area contributed by atoms with Crippen LogP contribution in [0.4, 0.5) is 0 Å². The Morgan fingerprint density at radius 1 is 1.17 bits per heavy atom. The third kappa shape index (κ3) is 4.35. The standard InChI is InChI=1S/C23H23NO6/c1-4-15-12-19(25)30-21-13(2)18(11-10-17(15)21)29-14(3)22(26)24-20(23(27)28)16-8-6-5-7-9-16/h5-12,14,20H,4H2,1-3H3,(H,24,26)(H,27,28)/p-1/t14-,20-/m0/s1. The molecule has 30 heavy (non-hydrogen) atoms. The van der Waals surface area contributed by atoms with Gasteiger partial charge in [-0.15, -0.1) is 0 Å². The van der Waals surface area contributed by atoms with Crippen LogP contribution in [0.5, 0.6) is 5.75 Å². The highest BCUT2D eigenvalue weighted by Crippen LogP contribution is 2.29. The summed E-state index contributed by atoms with van der Waals surface area (Å²) in [7, 11) is 0. The molecule has 3 rings (SSSR count). The maximum atomic E-state index is 12.6. The Kier molecular flexibility index (Phi) is 6.20. The van der Waals surface area contributed by atoms with Crippen molar-refractivity contribution < 1.29 is 23.8 Å². The molecule has 0 fully saturated rings. The van der Waals surface area contributed by atoms with Crippen molar-refractivity contribution in [2.75, 3.05) is 0 Å². The summed E-state index contributed by atoms with van der Waals surface area (Å²) in [5, 5.41) is 14.7. The second-order valence-electron chi connectivity index (χ2n) is 6.94. The summed E-state index contributed by atoms with van der Waals surface area (Å²) in [5.41, 5.74) is 1.79. The Labute approximate surface area is 173 Å². The van der Waals surface area contributed by atoms with E-state index >= 15 is 0 Å². The molecule has 0 aliphatic rings. The smallest absolute Gasteiger partial charge is 0.336 e. The number of aliphatic carboxylic acids is 1. The summed E-state index contributed by atoms with van der Waals surface area (Å²) < 4.78 is 11.1. The van der Waals surface area contributed by atoms with Gasteiger partial charge in [0.15, 0.2) is 6.10 Å². The van der Waals surface area contributed by atoms with Gasteiger partial charge in [0, 0.05) is 17.0 Å². The first kappa shape index (κ1) is 21.1. The van der Waals surface area contributed by atoms with Crippen LogP contribution in [-0.4, -0.2) is 18.0 Å². The largest absolute Gasteiger partial charge is 0.548 e. The highest BCUT2D eigenvalue weighted by atomic mass is 16.5. The lowest BCUT2D eigenvalue weighted by atomic mass is 10.0. The van der Waals surface area contributed by atoms with Gasteiger partial charge in [0.05, 0.1) is 12.0 Å². The number of aryl methyl sites for hydroxylation is 2. The van der Waals surface area contributed by atoms with Gasteiger partial charge in [-0.2, -0.15) is 0 Å². The van der Waals surface area contributed by atoms with Crippen LogP contribution in [0.2, 0.25) is 0 Å². The summed E-state index contributed by atoms with van der Waals surface area (Å²) in [6.45, 7) is 5.19. The molecule has 1 N–H and O–H groups in total. The van der Waals surface area contributed by atoms with E-state index in [2.05, 4.69) is 5.32 Å². The first-order valence-corrected chi connectivity index (χ1v) is 9.61. The molecule has 7 heteroatoms. The van der Waals surface area contributed by atoms with Gasteiger partial charge < -0.3 is 24.4 Å². The maximum absolute atomic E-state index is 12.6. The van der Waals surface area contributed by atoms with E-state index < -0.39 is 29.6 Å². The predicted octanol–water partition coefficient (Wildman–Crippen LogP) is 2.04. The zero-order valence-electron chi connectivity index (χ0n) is 16.9. The first-order chi connectivity index (χ1) is 14.3. The lowest BCUT2D eigenvalue weighted by molar-refractivity contribution is -0.308. The van der Waals surface area contributed by atoms with Crippen molar-refractivity contribution in [2.24, 2.45) is 0 Å². The fourth-order valence-electron chi connectivity index (χ4n) is 3.26. The molecule has 1 aromatic heterocycles. The number of hydrogen-bond donors (Lipinski definition) is 1. The topological polar surface area (TPSA) is 109 Å². The van der Waals surface area contributed by atoms with E-state index in [0.29, 0.717) is 28.9 Å². The molecule has 2 aromatic carbocycles. The number of carbonyl (C=O) groups is 2. The maximum Gasteiger partial charge on any atom is 0.336 e. The van der Waals surface area contributed by atoms with Crippen molar-refractivity contribution in [2.45, 2.75) is 39.3 Å². The third-order valence-corrected chi connectivity index (χ3v) is 4.91. The zero-order chi connectivity index (χ0) is 21.8. The summed E-state index contributed by atoms with van der Waals surface area (Å²) >= 11 is 0. The Balaban J connectivity index is 1.83. The lowest BCUT2D eigenvalue weighted by Gasteiger charge is -2.23. The van der Waals surface area contributed by atoms with Crippen LogP contribution in [0.1, 0.15) is 36.6 Å². The van der Waals surface area contributed by atoms with Crippen molar-refractivity contribution >= 4 is 22.8 Å². The van der Waals surface area contributed by atoms with Gasteiger partial charge in [0.1, 0.15) is 11.3 Å². The zero-order valence-corrected chi connectivity index (χ0v) is 16.9. The molecule has 0 saturated carbocycles. The second-order valence-corrected chi connectivity index (χ2v) is 6.94. The molecule has 7 nitrogen and oxygen atoms in total. The number of carbonyl (C=O) groups excluding carboxylic acids is 2. The van der Waals surface area contributed by atoms with E-state index in [4.69, 9.17) is 9.15 Å². The first-order valence-electron chi connectivity index (χ1n) is 9.61. The predicted molar refractivity (Wildman–Crippen MR) is 109 cm³/mol. The summed E-state index contributed by atoms with van der Waals surface area (Å²) in [5.74, 6) is -1.67. The minimum absolute atomic E-state index is 0.367. The highest BCUT2D eigenvalue weighted by Gasteiger charge is 2.22. The minimum Gasteiger partial charge on any atom is -0.548 e. The molecule has 0 aliphatic carbocycles. The molecule has 1 heterocycles. The number of carboxylic acids is 1. The second kappa shape index (κ2) is 8.82. The molecule has 0 bridgehead atoms. The number of rotatable bonds is 7. The molecule has 0 saturated heterocycles. The van der Waals surface area contributed by atoms with Crippen molar-refractivity contribution in [3.63, 3.8) is 0 Å². The van der Waals surface area contributed by atoms with Crippen LogP contribution in [0.3, 0.4) is 0 Å². The highest BCUT2D eigenvalue weighted by molar-refractivity contribution is 5.87. The normalized spacial score (nSPS) is 12.9. The molecule has 0 radical (unpaired) electrons. The summed E-state index contributed by atoms with van der Waals surface area (Å²) in [6, 6.07) is 11.9. The van der Waals surface area contributed by atoms with E-state index in [1.54, 1.807) is 49.4 Å². The summed E-state index contributed by atoms with van der Waals surface area (Å²) in [6.07, 6.45) is -0.322. The number of fused-ring (bicyclic) bond motifs is 1. The quantitative estimate of drug-likeness (QED) is 0.599. The van der Waals surface area contributed by atoms with Crippen LogP contribution in [0.25, 0.3) is 11.0 Å². The molecule has 0 unspecified atom stereocenters. The Morgan fingerprint density at radius 3 is 2.50 bits per heavy atom. The van der Waals surface area contributed by atoms with Crippen molar-refractivity contribution in [3.8, 4) is 5.75 Å². The summed E-state index contributed by atoms with van der Waals surface area (Å²) in [4.78, 5) is 35.9. The van der Waals surface area contributed by atoms with Gasteiger partial charge in [-0.3, -0.25) is 4.79 Å². The number of ether oxygens (including phenoxy) is 1. The average molecular weight is 408 g/mol. The van der Waals surface area contributed by atoms with Crippen molar-refractivity contribution in [3.05, 3.63) is 75.6 Å². The molecule has 3 aromatic rings. The molecule has 2 atom stereocenters. The van der Waals surface area contributed by atoms with Gasteiger partial charge in [-0.05, 0) is 43.5 Å². The molecular formula is C23H22NO6-. The van der Waals surface area contributed by atoms with E-state index in [1.807, 2.05) is 6.92 Å². The Morgan fingerprint density at radius 2 is 1.87 bits per heavy atom. The van der Waals surface area contributed by atoms with Crippen molar-refractivity contribution in [1.82, 2.24) is 5.32 Å². The van der Waals surface area contributed by atoms with Gasteiger partial charge in [0.2, 0.25) is 0 Å². The monoisotopic (exact) mass is 408 g/mol. The van der Waals surface area contributed by atoms with E-state index in [-0.39, 0.29) is 0 Å². The molecular weight excluding hydrogens is 386 g/mol. The van der Waals surface area contributed by atoms with Gasteiger partial charge in [-0.25, -0.2) is 4.79 Å². The number of benzene rings is 2. The van der Waals surface area contributed by atoms with E-state index in [1.165, 1.54) is 13.0 Å². The average Bonchev–Trinajstić information content (AvgIpc) is 2.73. The van der Waals surface area contributed by atoms with Crippen LogP contribution in [0, 0.1) is 6.92 Å². The third-order valence-electron chi connectivity index (χ3n) is 4.91. The van der Waals surface area contributed by atoms with E-state index in [0.717, 1.165) is 10.9 Å². The fourth-order valence-corrected chi connectivity index (χ4v) is 3.26. The number of nitrogens with one attached hydrogen (secondary N) is 1. The molecule has 0 spiro atoms. The number of hydrogen-bond acceptors (Lipinski definition) is 6. The van der Waals surface area contributed by atoms with E-state index in [9.17, 15) is 19.5 Å². The number of carboxylic acid groups (broad SMARTS) is 1. The van der Waals surface area contributed by atoms with Crippen LogP contribution in [0.15, 0.2) is 57.7 Å².